The first-order valence-corrected chi connectivity index (χ1v) is 11.5. The molecule has 5 rings (SSSR count). The summed E-state index contributed by atoms with van der Waals surface area (Å²) in [5.74, 6) is 1.06. The van der Waals surface area contributed by atoms with Crippen molar-refractivity contribution in [2.75, 3.05) is 38.2 Å². The molecule has 0 bridgehead atoms. The fourth-order valence-corrected chi connectivity index (χ4v) is 4.45. The van der Waals surface area contributed by atoms with E-state index in [4.69, 9.17) is 32.7 Å². The zero-order valence-electron chi connectivity index (χ0n) is 19.0. The number of hydrogen-bond donors (Lipinski definition) is 1. The average molecular weight is 514 g/mol. The molecule has 0 atom stereocenters. The SMILES string of the molecule is C=CC(=O)N1CCN(c2nc(OC)nc3c(Oc4c(Cl)c(C)cc5[nH]ncc45)nc(Cl)cc23)CC1. The van der Waals surface area contributed by atoms with Crippen molar-refractivity contribution in [3.05, 3.63) is 46.7 Å². The summed E-state index contributed by atoms with van der Waals surface area (Å²) in [5, 5.41) is 8.99. The number of ether oxygens (including phenoxy) is 2. The van der Waals surface area contributed by atoms with E-state index in [1.807, 2.05) is 17.9 Å². The van der Waals surface area contributed by atoms with E-state index in [-0.39, 0.29) is 23.0 Å². The highest BCUT2D eigenvalue weighted by atomic mass is 35.5. The normalized spacial score (nSPS) is 13.9. The molecule has 10 nitrogen and oxygen atoms in total. The number of amides is 1. The minimum absolute atomic E-state index is 0.0988. The Kier molecular flexibility index (Phi) is 6.08. The maximum atomic E-state index is 12.0. The number of carbonyl (C=O) groups excluding carboxylic acids is 1. The van der Waals surface area contributed by atoms with Gasteiger partial charge in [-0.1, -0.05) is 29.8 Å². The summed E-state index contributed by atoms with van der Waals surface area (Å²) in [4.78, 5) is 29.3. The summed E-state index contributed by atoms with van der Waals surface area (Å²) in [7, 11) is 1.49. The summed E-state index contributed by atoms with van der Waals surface area (Å²) in [5.41, 5.74) is 1.99. The molecule has 12 heteroatoms. The molecule has 1 N–H and O–H groups in total. The van der Waals surface area contributed by atoms with Crippen LogP contribution in [0.5, 0.6) is 17.6 Å². The molecular formula is C23H21Cl2N7O3. The molecule has 0 aliphatic carbocycles. The number of carbonyl (C=O) groups is 1. The highest BCUT2D eigenvalue weighted by Crippen LogP contribution is 2.41. The van der Waals surface area contributed by atoms with Gasteiger partial charge >= 0.3 is 6.01 Å². The van der Waals surface area contributed by atoms with Gasteiger partial charge in [0, 0.05) is 26.2 Å². The van der Waals surface area contributed by atoms with Gasteiger partial charge in [0.1, 0.15) is 16.5 Å². The lowest BCUT2D eigenvalue weighted by Gasteiger charge is -2.35. The largest absolute Gasteiger partial charge is 0.467 e. The summed E-state index contributed by atoms with van der Waals surface area (Å²) in [6.45, 7) is 7.61. The first-order valence-electron chi connectivity index (χ1n) is 10.8. The van der Waals surface area contributed by atoms with Gasteiger partial charge in [-0.05, 0) is 30.7 Å². The minimum atomic E-state index is -0.0988. The number of benzene rings is 1. The van der Waals surface area contributed by atoms with Crippen molar-refractivity contribution in [2.45, 2.75) is 6.92 Å². The Morgan fingerprint density at radius 1 is 1.14 bits per heavy atom. The Balaban J connectivity index is 1.61. The number of aromatic amines is 1. The lowest BCUT2D eigenvalue weighted by molar-refractivity contribution is -0.126. The lowest BCUT2D eigenvalue weighted by atomic mass is 10.1. The van der Waals surface area contributed by atoms with Crippen molar-refractivity contribution in [2.24, 2.45) is 0 Å². The van der Waals surface area contributed by atoms with Crippen LogP contribution in [0.25, 0.3) is 21.8 Å². The summed E-state index contributed by atoms with van der Waals surface area (Å²) in [6.07, 6.45) is 2.95. The van der Waals surface area contributed by atoms with Crippen LogP contribution in [0.3, 0.4) is 0 Å². The van der Waals surface area contributed by atoms with E-state index in [9.17, 15) is 4.79 Å². The maximum absolute atomic E-state index is 12.0. The molecule has 180 valence electrons. The van der Waals surface area contributed by atoms with E-state index >= 15 is 0 Å². The molecule has 0 spiro atoms. The number of nitrogens with one attached hydrogen (secondary N) is 1. The number of aromatic nitrogens is 5. The molecule has 1 fully saturated rings. The smallest absolute Gasteiger partial charge is 0.318 e. The molecule has 4 aromatic rings. The van der Waals surface area contributed by atoms with Crippen LogP contribution in [-0.2, 0) is 4.79 Å². The molecule has 3 aromatic heterocycles. The van der Waals surface area contributed by atoms with Crippen molar-refractivity contribution >= 4 is 56.7 Å². The summed E-state index contributed by atoms with van der Waals surface area (Å²) in [6, 6.07) is 3.72. The minimum Gasteiger partial charge on any atom is -0.467 e. The van der Waals surface area contributed by atoms with Gasteiger partial charge in [-0.25, -0.2) is 0 Å². The molecule has 4 heterocycles. The summed E-state index contributed by atoms with van der Waals surface area (Å²) < 4.78 is 11.6. The number of rotatable bonds is 5. The van der Waals surface area contributed by atoms with Crippen LogP contribution in [0.1, 0.15) is 5.56 Å². The van der Waals surface area contributed by atoms with Crippen LogP contribution in [-0.4, -0.2) is 69.2 Å². The molecule has 1 aliphatic heterocycles. The van der Waals surface area contributed by atoms with Crippen molar-refractivity contribution in [3.8, 4) is 17.6 Å². The highest BCUT2D eigenvalue weighted by molar-refractivity contribution is 6.34. The van der Waals surface area contributed by atoms with Crippen LogP contribution in [0, 0.1) is 6.92 Å². The van der Waals surface area contributed by atoms with Crippen LogP contribution in [0.2, 0.25) is 10.2 Å². The van der Waals surface area contributed by atoms with Crippen LogP contribution < -0.4 is 14.4 Å². The van der Waals surface area contributed by atoms with Crippen molar-refractivity contribution in [3.63, 3.8) is 0 Å². The van der Waals surface area contributed by atoms with Gasteiger partial charge in [-0.2, -0.15) is 20.1 Å². The second kappa shape index (κ2) is 9.20. The first kappa shape index (κ1) is 23.1. The molecule has 1 saturated heterocycles. The number of H-pyrrole nitrogens is 1. The molecular weight excluding hydrogens is 493 g/mol. The van der Waals surface area contributed by atoms with E-state index in [1.54, 1.807) is 17.2 Å². The number of hydrogen-bond acceptors (Lipinski definition) is 8. The second-order valence-electron chi connectivity index (χ2n) is 7.97. The Hall–Kier alpha value is -3.63. The number of aryl methyl sites for hydroxylation is 1. The molecule has 1 aliphatic rings. The topological polar surface area (TPSA) is 109 Å². The maximum Gasteiger partial charge on any atom is 0.318 e. The zero-order chi connectivity index (χ0) is 24.7. The standard InChI is InChI=1S/C23H21Cl2N7O3/c1-4-17(33)31-5-7-32(8-6-31)21-13-10-16(24)27-22(19(13)28-23(29-21)34-3)35-20-14-11-26-30-15(14)9-12(2)18(20)25/h4,9-11H,1,5-8H2,2-3H3,(H,26,30). The first-order chi connectivity index (χ1) is 16.9. The number of halogens is 2. The molecule has 1 amide bonds. The van der Waals surface area contributed by atoms with Crippen molar-refractivity contribution in [1.82, 2.24) is 30.0 Å². The van der Waals surface area contributed by atoms with Gasteiger partial charge in [0.2, 0.25) is 11.8 Å². The Labute approximate surface area is 210 Å². The van der Waals surface area contributed by atoms with Gasteiger partial charge < -0.3 is 19.3 Å². The Morgan fingerprint density at radius 3 is 2.63 bits per heavy atom. The molecule has 35 heavy (non-hydrogen) atoms. The summed E-state index contributed by atoms with van der Waals surface area (Å²) >= 11 is 13.0. The van der Waals surface area contributed by atoms with Gasteiger partial charge in [0.05, 0.1) is 34.6 Å². The van der Waals surface area contributed by atoms with Crippen LogP contribution in [0.4, 0.5) is 5.82 Å². The van der Waals surface area contributed by atoms with E-state index in [1.165, 1.54) is 13.2 Å². The van der Waals surface area contributed by atoms with E-state index in [0.717, 1.165) is 11.1 Å². The molecule has 0 saturated carbocycles. The molecule has 1 aromatic carbocycles. The quantitative estimate of drug-likeness (QED) is 0.313. The van der Waals surface area contributed by atoms with Gasteiger partial charge in [-0.15, -0.1) is 0 Å². The zero-order valence-corrected chi connectivity index (χ0v) is 20.5. The second-order valence-corrected chi connectivity index (χ2v) is 8.73. The average Bonchev–Trinajstić information content (AvgIpc) is 3.33. The van der Waals surface area contributed by atoms with E-state index in [0.29, 0.717) is 59.1 Å². The van der Waals surface area contributed by atoms with Gasteiger partial charge in [-0.3, -0.25) is 9.89 Å². The number of anilines is 1. The number of fused-ring (bicyclic) bond motifs is 2. The number of piperazine rings is 1. The molecule has 0 unspecified atom stereocenters. The predicted molar refractivity (Wildman–Crippen MR) is 134 cm³/mol. The van der Waals surface area contributed by atoms with Gasteiger partial charge in [0.25, 0.3) is 0 Å². The fourth-order valence-electron chi connectivity index (χ4n) is 4.07. The van der Waals surface area contributed by atoms with Crippen molar-refractivity contribution < 1.29 is 14.3 Å². The number of pyridine rings is 1. The third kappa shape index (κ3) is 4.19. The third-order valence-corrected chi connectivity index (χ3v) is 6.51. The predicted octanol–water partition coefficient (Wildman–Crippen LogP) is 4.15. The Morgan fingerprint density at radius 2 is 1.91 bits per heavy atom. The fraction of sp³-hybridized carbons (Fsp3) is 0.261. The highest BCUT2D eigenvalue weighted by Gasteiger charge is 2.25. The van der Waals surface area contributed by atoms with Crippen LogP contribution >= 0.6 is 23.2 Å². The number of methoxy groups -OCH3 is 1. The van der Waals surface area contributed by atoms with E-state index in [2.05, 4.69) is 31.7 Å². The van der Waals surface area contributed by atoms with E-state index < -0.39 is 0 Å². The Bertz CT molecular complexity index is 1470. The van der Waals surface area contributed by atoms with Crippen LogP contribution in [0.15, 0.2) is 31.0 Å². The third-order valence-electron chi connectivity index (χ3n) is 5.85. The van der Waals surface area contributed by atoms with Gasteiger partial charge in [0.15, 0.2) is 5.75 Å². The van der Waals surface area contributed by atoms with Crippen molar-refractivity contribution in [1.29, 1.82) is 0 Å². The molecule has 0 radical (unpaired) electrons. The number of nitrogens with zero attached hydrogens (tertiary/aromatic N) is 6. The monoisotopic (exact) mass is 513 g/mol. The lowest BCUT2D eigenvalue weighted by Crippen LogP contribution is -2.48.